The second-order valence-corrected chi connectivity index (χ2v) is 6.55. The summed E-state index contributed by atoms with van der Waals surface area (Å²) >= 11 is 3.14. The third-order valence-electron chi connectivity index (χ3n) is 3.57. The molecule has 2 atom stereocenters. The summed E-state index contributed by atoms with van der Waals surface area (Å²) in [5, 5.41) is 11.7. The van der Waals surface area contributed by atoms with E-state index < -0.39 is 29.3 Å². The summed E-state index contributed by atoms with van der Waals surface area (Å²) in [7, 11) is 0. The predicted molar refractivity (Wildman–Crippen MR) is 86.0 cm³/mol. The molecule has 5 nitrogen and oxygen atoms in total. The lowest BCUT2D eigenvalue weighted by molar-refractivity contribution is -0.130. The van der Waals surface area contributed by atoms with Gasteiger partial charge in [0.25, 0.3) is 5.91 Å². The van der Waals surface area contributed by atoms with Crippen LogP contribution in [0.1, 0.15) is 38.1 Å². The first-order valence-corrected chi connectivity index (χ1v) is 7.79. The summed E-state index contributed by atoms with van der Waals surface area (Å²) in [5.41, 5.74) is -1.36. The van der Waals surface area contributed by atoms with Gasteiger partial charge in [-0.25, -0.2) is 9.18 Å². The Labute approximate surface area is 142 Å². The monoisotopic (exact) mass is 384 g/mol. The molecule has 1 rings (SSSR count). The minimum absolute atomic E-state index is 0.137. The molecule has 7 heteroatoms. The minimum Gasteiger partial charge on any atom is -0.449 e. The fourth-order valence-electron chi connectivity index (χ4n) is 1.59. The standard InChI is InChI=1S/C16H18BrFN2O3/c1-9(2)16(4,8-19)20-14(21)10(3)23-15(22)12-7-11(17)5-6-13(12)18/h5-7,9-10H,1-4H3,(H,20,21). The van der Waals surface area contributed by atoms with Gasteiger partial charge < -0.3 is 10.1 Å². The van der Waals surface area contributed by atoms with Crippen LogP contribution in [0.5, 0.6) is 0 Å². The van der Waals surface area contributed by atoms with Crippen LogP contribution >= 0.6 is 15.9 Å². The van der Waals surface area contributed by atoms with Gasteiger partial charge in [-0.3, -0.25) is 4.79 Å². The fraction of sp³-hybridized carbons (Fsp3) is 0.438. The number of rotatable bonds is 5. The van der Waals surface area contributed by atoms with Crippen molar-refractivity contribution in [2.75, 3.05) is 0 Å². The van der Waals surface area contributed by atoms with Crippen molar-refractivity contribution in [2.24, 2.45) is 5.92 Å². The number of carbonyl (C=O) groups excluding carboxylic acids is 2. The lowest BCUT2D eigenvalue weighted by Gasteiger charge is -2.28. The van der Waals surface area contributed by atoms with Gasteiger partial charge >= 0.3 is 5.97 Å². The summed E-state index contributed by atoms with van der Waals surface area (Å²) in [6.45, 7) is 6.52. The van der Waals surface area contributed by atoms with E-state index in [1.807, 2.05) is 6.07 Å². The molecule has 1 aromatic carbocycles. The maximum Gasteiger partial charge on any atom is 0.341 e. The van der Waals surface area contributed by atoms with Crippen molar-refractivity contribution >= 4 is 27.8 Å². The Kier molecular flexibility index (Phi) is 6.28. The van der Waals surface area contributed by atoms with Gasteiger partial charge in [0, 0.05) is 4.47 Å². The smallest absolute Gasteiger partial charge is 0.341 e. The Bertz CT molecular complexity index is 657. The van der Waals surface area contributed by atoms with E-state index in [1.54, 1.807) is 20.8 Å². The molecule has 1 aromatic rings. The number of hydrogen-bond acceptors (Lipinski definition) is 4. The number of esters is 1. The lowest BCUT2D eigenvalue weighted by atomic mass is 9.90. The number of nitriles is 1. The van der Waals surface area contributed by atoms with E-state index >= 15 is 0 Å². The van der Waals surface area contributed by atoms with Crippen LogP contribution in [0.4, 0.5) is 4.39 Å². The van der Waals surface area contributed by atoms with E-state index in [4.69, 9.17) is 4.74 Å². The first kappa shape index (κ1) is 19.1. The number of nitrogens with one attached hydrogen (secondary N) is 1. The average molecular weight is 385 g/mol. The van der Waals surface area contributed by atoms with E-state index in [9.17, 15) is 19.2 Å². The van der Waals surface area contributed by atoms with Crippen molar-refractivity contribution in [3.05, 3.63) is 34.1 Å². The number of nitrogens with zero attached hydrogens (tertiary/aromatic N) is 1. The Morgan fingerprint density at radius 2 is 2.00 bits per heavy atom. The third kappa shape index (κ3) is 4.76. The van der Waals surface area contributed by atoms with Crippen molar-refractivity contribution in [2.45, 2.75) is 39.3 Å². The quantitative estimate of drug-likeness (QED) is 0.790. The van der Waals surface area contributed by atoms with Crippen LogP contribution in [-0.4, -0.2) is 23.5 Å². The Hall–Kier alpha value is -1.94. The van der Waals surface area contributed by atoms with Crippen LogP contribution in [0.15, 0.2) is 22.7 Å². The maximum absolute atomic E-state index is 13.6. The number of halogens is 2. The van der Waals surface area contributed by atoms with Crippen LogP contribution in [0.2, 0.25) is 0 Å². The van der Waals surface area contributed by atoms with Crippen LogP contribution in [0.3, 0.4) is 0 Å². The van der Waals surface area contributed by atoms with Gasteiger partial charge in [0.05, 0.1) is 11.6 Å². The number of amides is 1. The van der Waals surface area contributed by atoms with Crippen molar-refractivity contribution in [3.63, 3.8) is 0 Å². The highest BCUT2D eigenvalue weighted by molar-refractivity contribution is 9.10. The van der Waals surface area contributed by atoms with Crippen LogP contribution in [0, 0.1) is 23.1 Å². The lowest BCUT2D eigenvalue weighted by Crippen LogP contribution is -2.52. The molecule has 23 heavy (non-hydrogen) atoms. The van der Waals surface area contributed by atoms with Crippen molar-refractivity contribution in [1.82, 2.24) is 5.32 Å². The molecule has 1 amide bonds. The van der Waals surface area contributed by atoms with E-state index in [0.29, 0.717) is 4.47 Å². The molecule has 1 N–H and O–H groups in total. The second kappa shape index (κ2) is 7.55. The zero-order valence-electron chi connectivity index (χ0n) is 13.3. The Morgan fingerprint density at radius 1 is 1.39 bits per heavy atom. The predicted octanol–water partition coefficient (Wildman–Crippen LogP) is 3.19. The molecular formula is C16H18BrFN2O3. The molecule has 0 aliphatic carbocycles. The molecular weight excluding hydrogens is 367 g/mol. The highest BCUT2D eigenvalue weighted by Gasteiger charge is 2.32. The van der Waals surface area contributed by atoms with Gasteiger partial charge in [-0.2, -0.15) is 5.26 Å². The molecule has 0 fully saturated rings. The number of benzene rings is 1. The van der Waals surface area contributed by atoms with Crippen LogP contribution in [-0.2, 0) is 9.53 Å². The van der Waals surface area contributed by atoms with Crippen molar-refractivity contribution < 1.29 is 18.7 Å². The molecule has 124 valence electrons. The number of ether oxygens (including phenoxy) is 1. The zero-order valence-corrected chi connectivity index (χ0v) is 14.9. The van der Waals surface area contributed by atoms with E-state index in [1.165, 1.54) is 19.1 Å². The molecule has 2 unspecified atom stereocenters. The Balaban J connectivity index is 2.81. The summed E-state index contributed by atoms with van der Waals surface area (Å²) in [6.07, 6.45) is -1.16. The molecule has 0 spiro atoms. The van der Waals surface area contributed by atoms with Gasteiger partial charge in [-0.05, 0) is 38.0 Å². The van der Waals surface area contributed by atoms with Crippen molar-refractivity contribution in [3.8, 4) is 6.07 Å². The fourth-order valence-corrected chi connectivity index (χ4v) is 1.95. The van der Waals surface area contributed by atoms with E-state index in [0.717, 1.165) is 6.07 Å². The van der Waals surface area contributed by atoms with Gasteiger partial charge in [0.2, 0.25) is 0 Å². The SMILES string of the molecule is CC(OC(=O)c1cc(Br)ccc1F)C(=O)NC(C)(C#N)C(C)C. The minimum atomic E-state index is -1.16. The van der Waals surface area contributed by atoms with Crippen molar-refractivity contribution in [1.29, 1.82) is 5.26 Å². The normalized spacial score (nSPS) is 14.5. The van der Waals surface area contributed by atoms with Gasteiger partial charge in [-0.15, -0.1) is 0 Å². The van der Waals surface area contributed by atoms with E-state index in [-0.39, 0.29) is 11.5 Å². The first-order chi connectivity index (χ1) is 10.6. The molecule has 0 aliphatic rings. The third-order valence-corrected chi connectivity index (χ3v) is 4.06. The number of carbonyl (C=O) groups is 2. The highest BCUT2D eigenvalue weighted by atomic mass is 79.9. The topological polar surface area (TPSA) is 79.2 Å². The van der Waals surface area contributed by atoms with Gasteiger partial charge in [-0.1, -0.05) is 29.8 Å². The van der Waals surface area contributed by atoms with Gasteiger partial charge in [0.15, 0.2) is 6.10 Å². The first-order valence-electron chi connectivity index (χ1n) is 7.00. The van der Waals surface area contributed by atoms with Crippen LogP contribution in [0.25, 0.3) is 0 Å². The summed E-state index contributed by atoms with van der Waals surface area (Å²) in [6, 6.07) is 5.87. The molecule has 0 aliphatic heterocycles. The maximum atomic E-state index is 13.6. The summed E-state index contributed by atoms with van der Waals surface area (Å²) in [4.78, 5) is 24.1. The second-order valence-electron chi connectivity index (χ2n) is 5.63. The zero-order chi connectivity index (χ0) is 17.8. The van der Waals surface area contributed by atoms with E-state index in [2.05, 4.69) is 21.2 Å². The molecule has 0 aromatic heterocycles. The summed E-state index contributed by atoms with van der Waals surface area (Å²) < 4.78 is 19.1. The van der Waals surface area contributed by atoms with Gasteiger partial charge in [0.1, 0.15) is 11.4 Å². The largest absolute Gasteiger partial charge is 0.449 e. The molecule has 0 saturated carbocycles. The number of hydrogen-bond donors (Lipinski definition) is 1. The molecule has 0 radical (unpaired) electrons. The Morgan fingerprint density at radius 3 is 2.52 bits per heavy atom. The molecule has 0 bridgehead atoms. The molecule has 0 saturated heterocycles. The van der Waals surface area contributed by atoms with Crippen LogP contribution < -0.4 is 5.32 Å². The molecule has 0 heterocycles. The average Bonchev–Trinajstić information content (AvgIpc) is 2.48. The summed E-state index contributed by atoms with van der Waals surface area (Å²) in [5.74, 6) is -2.45. The highest BCUT2D eigenvalue weighted by Crippen LogP contribution is 2.18.